The van der Waals surface area contributed by atoms with Gasteiger partial charge in [-0.05, 0) is 13.0 Å². The highest BCUT2D eigenvalue weighted by Gasteiger charge is 2.34. The molecule has 9 nitrogen and oxygen atoms in total. The zero-order chi connectivity index (χ0) is 17.9. The van der Waals surface area contributed by atoms with E-state index >= 15 is 0 Å². The average Bonchev–Trinajstić information content (AvgIpc) is 2.61. The summed E-state index contributed by atoms with van der Waals surface area (Å²) in [6.45, 7) is 6.47. The van der Waals surface area contributed by atoms with E-state index < -0.39 is 10.0 Å². The lowest BCUT2D eigenvalue weighted by atomic mass is 10.0. The van der Waals surface area contributed by atoms with Crippen molar-refractivity contribution >= 4 is 45.9 Å². The summed E-state index contributed by atoms with van der Waals surface area (Å²) in [5.41, 5.74) is 6.10. The van der Waals surface area contributed by atoms with E-state index in [4.69, 9.17) is 5.73 Å². The second-order valence-electron chi connectivity index (χ2n) is 6.31. The Labute approximate surface area is 171 Å². The second kappa shape index (κ2) is 9.13. The van der Waals surface area contributed by atoms with Gasteiger partial charge in [-0.2, -0.15) is 0 Å². The SMILES string of the molecule is CCS(=O)(=O)N1CC(CN=C(N)N2CCN(c3ncccn3)CC2)C1.I. The van der Waals surface area contributed by atoms with Crippen LogP contribution in [0.5, 0.6) is 0 Å². The molecule has 0 bridgehead atoms. The van der Waals surface area contributed by atoms with Crippen LogP contribution >= 0.6 is 24.0 Å². The summed E-state index contributed by atoms with van der Waals surface area (Å²) < 4.78 is 24.9. The van der Waals surface area contributed by atoms with Crippen LogP contribution in [0.25, 0.3) is 0 Å². The van der Waals surface area contributed by atoms with Gasteiger partial charge in [0.2, 0.25) is 16.0 Å². The fourth-order valence-electron chi connectivity index (χ4n) is 2.96. The molecule has 2 aliphatic rings. The first-order chi connectivity index (χ1) is 12.0. The molecule has 0 radical (unpaired) electrons. The van der Waals surface area contributed by atoms with Crippen LogP contribution in [0.15, 0.2) is 23.5 Å². The molecule has 3 heterocycles. The van der Waals surface area contributed by atoms with Gasteiger partial charge in [0.25, 0.3) is 0 Å². The van der Waals surface area contributed by atoms with Crippen molar-refractivity contribution in [3.05, 3.63) is 18.5 Å². The van der Waals surface area contributed by atoms with Crippen molar-refractivity contribution in [3.8, 4) is 0 Å². The summed E-state index contributed by atoms with van der Waals surface area (Å²) in [6.07, 6.45) is 3.48. The van der Waals surface area contributed by atoms with Crippen molar-refractivity contribution in [1.29, 1.82) is 0 Å². The van der Waals surface area contributed by atoms with E-state index in [1.165, 1.54) is 4.31 Å². The Morgan fingerprint density at radius 3 is 2.42 bits per heavy atom. The molecule has 2 aliphatic heterocycles. The van der Waals surface area contributed by atoms with Gasteiger partial charge in [0, 0.05) is 64.1 Å². The monoisotopic (exact) mass is 495 g/mol. The van der Waals surface area contributed by atoms with Crippen LogP contribution in [0.4, 0.5) is 5.95 Å². The number of aromatic nitrogens is 2. The molecule has 2 fully saturated rings. The molecule has 146 valence electrons. The minimum absolute atomic E-state index is 0. The zero-order valence-corrected chi connectivity index (χ0v) is 18.0. The standard InChI is InChI=1S/C15H25N7O2S.HI/c1-2-25(23,24)22-11-13(12-22)10-19-14(16)20-6-8-21(9-7-20)15-17-4-3-5-18-15;/h3-5,13H,2,6-12H2,1H3,(H2,16,19);1H. The number of guanidine groups is 1. The highest BCUT2D eigenvalue weighted by molar-refractivity contribution is 14.0. The van der Waals surface area contributed by atoms with Gasteiger partial charge in [-0.25, -0.2) is 22.7 Å². The van der Waals surface area contributed by atoms with Crippen molar-refractivity contribution in [1.82, 2.24) is 19.2 Å². The maximum absolute atomic E-state index is 11.7. The number of halogens is 1. The Hall–Kier alpha value is -1.21. The zero-order valence-electron chi connectivity index (χ0n) is 14.9. The molecule has 2 N–H and O–H groups in total. The summed E-state index contributed by atoms with van der Waals surface area (Å²) in [5.74, 6) is 1.69. The molecule has 2 saturated heterocycles. The van der Waals surface area contributed by atoms with Crippen LogP contribution in [-0.2, 0) is 10.0 Å². The molecule has 0 aliphatic carbocycles. The number of sulfonamides is 1. The van der Waals surface area contributed by atoms with E-state index in [1.807, 2.05) is 0 Å². The van der Waals surface area contributed by atoms with E-state index in [1.54, 1.807) is 25.4 Å². The molecule has 0 spiro atoms. The van der Waals surface area contributed by atoms with Gasteiger partial charge in [0.05, 0.1) is 5.75 Å². The summed E-state index contributed by atoms with van der Waals surface area (Å²) in [4.78, 5) is 17.2. The third-order valence-corrected chi connectivity index (χ3v) is 6.45. The first-order valence-electron chi connectivity index (χ1n) is 8.54. The maximum Gasteiger partial charge on any atom is 0.225 e. The number of aliphatic imine (C=N–C) groups is 1. The molecular formula is C15H26IN7O2S. The topological polar surface area (TPSA) is 108 Å². The molecule has 26 heavy (non-hydrogen) atoms. The Bertz CT molecular complexity index is 702. The first-order valence-corrected chi connectivity index (χ1v) is 10.1. The fraction of sp³-hybridized carbons (Fsp3) is 0.667. The van der Waals surface area contributed by atoms with Crippen molar-refractivity contribution in [2.24, 2.45) is 16.6 Å². The Morgan fingerprint density at radius 1 is 1.23 bits per heavy atom. The normalized spacial score (nSPS) is 19.8. The molecule has 1 aromatic rings. The summed E-state index contributed by atoms with van der Waals surface area (Å²) >= 11 is 0. The Balaban J connectivity index is 0.00000243. The summed E-state index contributed by atoms with van der Waals surface area (Å²) in [5, 5.41) is 0. The largest absolute Gasteiger partial charge is 0.370 e. The highest BCUT2D eigenvalue weighted by atomic mass is 127. The third kappa shape index (κ3) is 4.94. The van der Waals surface area contributed by atoms with Crippen LogP contribution in [0, 0.1) is 5.92 Å². The van der Waals surface area contributed by atoms with Crippen LogP contribution < -0.4 is 10.6 Å². The van der Waals surface area contributed by atoms with Gasteiger partial charge in [-0.3, -0.25) is 4.99 Å². The molecular weight excluding hydrogens is 469 g/mol. The molecule has 3 rings (SSSR count). The Morgan fingerprint density at radius 2 is 1.85 bits per heavy atom. The van der Waals surface area contributed by atoms with Gasteiger partial charge >= 0.3 is 0 Å². The highest BCUT2D eigenvalue weighted by Crippen LogP contribution is 2.20. The van der Waals surface area contributed by atoms with Crippen molar-refractivity contribution in [2.45, 2.75) is 6.92 Å². The van der Waals surface area contributed by atoms with Crippen LogP contribution in [0.2, 0.25) is 0 Å². The predicted octanol–water partition coefficient (Wildman–Crippen LogP) is -0.187. The van der Waals surface area contributed by atoms with Gasteiger partial charge < -0.3 is 15.5 Å². The van der Waals surface area contributed by atoms with Gasteiger partial charge in [-0.15, -0.1) is 24.0 Å². The molecule has 1 aromatic heterocycles. The lowest BCUT2D eigenvalue weighted by Gasteiger charge is -2.38. The number of nitrogens with zero attached hydrogens (tertiary/aromatic N) is 6. The van der Waals surface area contributed by atoms with Crippen LogP contribution in [0.1, 0.15) is 6.92 Å². The molecule has 0 atom stereocenters. The lowest BCUT2D eigenvalue weighted by Crippen LogP contribution is -2.53. The number of nitrogens with two attached hydrogens (primary N) is 1. The number of rotatable bonds is 5. The minimum Gasteiger partial charge on any atom is -0.370 e. The van der Waals surface area contributed by atoms with Crippen molar-refractivity contribution < 1.29 is 8.42 Å². The lowest BCUT2D eigenvalue weighted by molar-refractivity contribution is 0.207. The predicted molar refractivity (Wildman–Crippen MR) is 112 cm³/mol. The Kier molecular flexibility index (Phi) is 7.41. The third-order valence-electron chi connectivity index (χ3n) is 4.63. The van der Waals surface area contributed by atoms with Gasteiger partial charge in [-0.1, -0.05) is 0 Å². The van der Waals surface area contributed by atoms with Crippen LogP contribution in [-0.4, -0.2) is 85.1 Å². The van der Waals surface area contributed by atoms with E-state index in [9.17, 15) is 8.42 Å². The van der Waals surface area contributed by atoms with Crippen molar-refractivity contribution in [3.63, 3.8) is 0 Å². The minimum atomic E-state index is -3.06. The van der Waals surface area contributed by atoms with Gasteiger partial charge in [0.1, 0.15) is 0 Å². The smallest absolute Gasteiger partial charge is 0.225 e. The fourth-order valence-corrected chi connectivity index (χ4v) is 4.20. The van der Waals surface area contributed by atoms with Crippen LogP contribution in [0.3, 0.4) is 0 Å². The average molecular weight is 495 g/mol. The van der Waals surface area contributed by atoms with E-state index in [-0.39, 0.29) is 35.6 Å². The molecule has 0 saturated carbocycles. The summed E-state index contributed by atoms with van der Waals surface area (Å²) in [7, 11) is -3.06. The number of anilines is 1. The van der Waals surface area contributed by atoms with Gasteiger partial charge in [0.15, 0.2) is 5.96 Å². The van der Waals surface area contributed by atoms with Crippen molar-refractivity contribution in [2.75, 3.05) is 56.5 Å². The molecule has 11 heteroatoms. The molecule has 0 aromatic carbocycles. The van der Waals surface area contributed by atoms with E-state index in [0.717, 1.165) is 32.1 Å². The maximum atomic E-state index is 11.7. The van der Waals surface area contributed by atoms with E-state index in [0.29, 0.717) is 25.6 Å². The number of hydrogen-bond donors (Lipinski definition) is 1. The quantitative estimate of drug-likeness (QED) is 0.343. The second-order valence-corrected chi connectivity index (χ2v) is 8.56. The molecule has 0 amide bonds. The van der Waals surface area contributed by atoms with E-state index in [2.05, 4.69) is 24.8 Å². The first kappa shape index (κ1) is 21.1. The summed E-state index contributed by atoms with van der Waals surface area (Å²) in [6, 6.07) is 1.80. The number of piperazine rings is 1. The molecule has 0 unspecified atom stereocenters. The number of hydrogen-bond acceptors (Lipinski definition) is 6.